The summed E-state index contributed by atoms with van der Waals surface area (Å²) >= 11 is 0. The Hall–Kier alpha value is -3.60. The van der Waals surface area contributed by atoms with E-state index in [2.05, 4.69) is 32.8 Å². The van der Waals surface area contributed by atoms with E-state index in [-0.39, 0.29) is 4.90 Å². The van der Waals surface area contributed by atoms with E-state index < -0.39 is 10.0 Å². The lowest BCUT2D eigenvalue weighted by Crippen LogP contribution is -2.21. The van der Waals surface area contributed by atoms with Gasteiger partial charge < -0.3 is 16.0 Å². The third-order valence-electron chi connectivity index (χ3n) is 4.98. The molecule has 0 aliphatic carbocycles. The second kappa shape index (κ2) is 9.90. The Morgan fingerprint density at radius 2 is 1.76 bits per heavy atom. The first-order valence-corrected chi connectivity index (χ1v) is 12.1. The number of fused-ring (bicyclic) bond motifs is 1. The van der Waals surface area contributed by atoms with Crippen LogP contribution >= 0.6 is 0 Å². The Labute approximate surface area is 192 Å². The van der Waals surface area contributed by atoms with Crippen LogP contribution in [0.5, 0.6) is 0 Å². The molecule has 0 atom stereocenters. The molecule has 0 saturated carbocycles. The van der Waals surface area contributed by atoms with Crippen molar-refractivity contribution in [3.05, 3.63) is 67.0 Å². The van der Waals surface area contributed by atoms with E-state index in [1.54, 1.807) is 18.3 Å². The summed E-state index contributed by atoms with van der Waals surface area (Å²) in [6.45, 7) is 4.69. The SMILES string of the molecule is CCNCCNc1ccc(-c2cccc3cnc(Nc4ccc(S(N)(=O)=O)cc4)nc23)cn1. The molecule has 4 aromatic rings. The average molecular weight is 464 g/mol. The van der Waals surface area contributed by atoms with Gasteiger partial charge in [-0.2, -0.15) is 0 Å². The minimum Gasteiger partial charge on any atom is -0.369 e. The van der Waals surface area contributed by atoms with E-state index in [1.807, 2.05) is 36.5 Å². The van der Waals surface area contributed by atoms with E-state index >= 15 is 0 Å². The third-order valence-corrected chi connectivity index (χ3v) is 5.91. The molecular formula is C23H25N7O2S. The Morgan fingerprint density at radius 1 is 0.939 bits per heavy atom. The summed E-state index contributed by atoms with van der Waals surface area (Å²) in [5.74, 6) is 1.21. The topological polar surface area (TPSA) is 135 Å². The number of sulfonamides is 1. The third kappa shape index (κ3) is 5.61. The fraction of sp³-hybridized carbons (Fsp3) is 0.174. The van der Waals surface area contributed by atoms with Gasteiger partial charge in [-0.25, -0.2) is 28.5 Å². The van der Waals surface area contributed by atoms with Gasteiger partial charge in [-0.1, -0.05) is 25.1 Å². The molecule has 0 fully saturated rings. The molecule has 33 heavy (non-hydrogen) atoms. The van der Waals surface area contributed by atoms with Gasteiger partial charge >= 0.3 is 0 Å². The van der Waals surface area contributed by atoms with E-state index in [0.717, 1.165) is 47.5 Å². The van der Waals surface area contributed by atoms with E-state index in [9.17, 15) is 8.42 Å². The largest absolute Gasteiger partial charge is 0.369 e. The number of nitrogens with one attached hydrogen (secondary N) is 3. The van der Waals surface area contributed by atoms with Crippen molar-refractivity contribution in [2.24, 2.45) is 5.14 Å². The smallest absolute Gasteiger partial charge is 0.238 e. The van der Waals surface area contributed by atoms with Crippen LogP contribution in [0.1, 0.15) is 6.92 Å². The van der Waals surface area contributed by atoms with Crippen LogP contribution < -0.4 is 21.1 Å². The Kier molecular flexibility index (Phi) is 6.78. The molecule has 5 N–H and O–H groups in total. The number of nitrogens with two attached hydrogens (primary N) is 1. The molecule has 0 unspecified atom stereocenters. The van der Waals surface area contributed by atoms with Crippen molar-refractivity contribution in [1.82, 2.24) is 20.3 Å². The monoisotopic (exact) mass is 463 g/mol. The number of anilines is 3. The van der Waals surface area contributed by atoms with Gasteiger partial charge in [0.15, 0.2) is 0 Å². The molecule has 0 spiro atoms. The molecule has 4 rings (SSSR count). The molecule has 2 heterocycles. The number of hydrogen-bond acceptors (Lipinski definition) is 8. The second-order valence-electron chi connectivity index (χ2n) is 7.34. The van der Waals surface area contributed by atoms with Crippen molar-refractivity contribution < 1.29 is 8.42 Å². The molecule has 0 aliphatic rings. The number of benzene rings is 2. The number of primary sulfonamides is 1. The lowest BCUT2D eigenvalue weighted by molar-refractivity contribution is 0.598. The minimum absolute atomic E-state index is 0.0434. The van der Waals surface area contributed by atoms with Gasteiger partial charge in [0.2, 0.25) is 16.0 Å². The van der Waals surface area contributed by atoms with Crippen molar-refractivity contribution in [2.75, 3.05) is 30.3 Å². The highest BCUT2D eigenvalue weighted by molar-refractivity contribution is 7.89. The summed E-state index contributed by atoms with van der Waals surface area (Å²) in [5.41, 5.74) is 3.31. The maximum Gasteiger partial charge on any atom is 0.238 e. The van der Waals surface area contributed by atoms with E-state index in [1.165, 1.54) is 12.1 Å². The van der Waals surface area contributed by atoms with Crippen molar-refractivity contribution in [3.63, 3.8) is 0 Å². The summed E-state index contributed by atoms with van der Waals surface area (Å²) in [4.78, 5) is 13.6. The number of pyridine rings is 1. The molecular weight excluding hydrogens is 438 g/mol. The first-order valence-electron chi connectivity index (χ1n) is 10.5. The molecule has 0 saturated heterocycles. The van der Waals surface area contributed by atoms with E-state index in [0.29, 0.717) is 11.6 Å². The Morgan fingerprint density at radius 3 is 2.45 bits per heavy atom. The van der Waals surface area contributed by atoms with Gasteiger partial charge in [-0.15, -0.1) is 0 Å². The number of nitrogens with zero attached hydrogens (tertiary/aromatic N) is 3. The van der Waals surface area contributed by atoms with Gasteiger partial charge in [0.1, 0.15) is 5.82 Å². The molecule has 2 aromatic carbocycles. The van der Waals surface area contributed by atoms with Crippen LogP contribution in [0.15, 0.2) is 71.9 Å². The number of aromatic nitrogens is 3. The van der Waals surface area contributed by atoms with Gasteiger partial charge in [0.25, 0.3) is 0 Å². The molecule has 10 heteroatoms. The molecule has 2 aromatic heterocycles. The average Bonchev–Trinajstić information content (AvgIpc) is 2.82. The maximum absolute atomic E-state index is 11.4. The van der Waals surface area contributed by atoms with Crippen molar-refractivity contribution in [3.8, 4) is 11.1 Å². The highest BCUT2D eigenvalue weighted by atomic mass is 32.2. The van der Waals surface area contributed by atoms with Gasteiger partial charge in [-0.05, 0) is 42.9 Å². The number of likely N-dealkylation sites (N-methyl/N-ethyl adjacent to an activating group) is 1. The predicted octanol–water partition coefficient (Wildman–Crippen LogP) is 3.10. The number of hydrogen-bond donors (Lipinski definition) is 4. The predicted molar refractivity (Wildman–Crippen MR) is 131 cm³/mol. The van der Waals surface area contributed by atoms with Crippen molar-refractivity contribution >= 4 is 38.4 Å². The van der Waals surface area contributed by atoms with Crippen molar-refractivity contribution in [2.45, 2.75) is 11.8 Å². The molecule has 0 bridgehead atoms. The molecule has 0 amide bonds. The lowest BCUT2D eigenvalue weighted by atomic mass is 10.0. The zero-order valence-electron chi connectivity index (χ0n) is 18.1. The first kappa shape index (κ1) is 22.6. The van der Waals surface area contributed by atoms with Crippen LogP contribution in [0.4, 0.5) is 17.5 Å². The Balaban J connectivity index is 1.57. The molecule has 0 aliphatic heterocycles. The second-order valence-corrected chi connectivity index (χ2v) is 8.91. The van der Waals surface area contributed by atoms with Crippen LogP contribution in [-0.4, -0.2) is 43.0 Å². The summed E-state index contributed by atoms with van der Waals surface area (Å²) in [7, 11) is -3.74. The summed E-state index contributed by atoms with van der Waals surface area (Å²) in [6, 6.07) is 16.0. The van der Waals surface area contributed by atoms with Crippen LogP contribution in [-0.2, 0) is 10.0 Å². The first-order chi connectivity index (χ1) is 15.9. The molecule has 0 radical (unpaired) electrons. The van der Waals surface area contributed by atoms with Crippen molar-refractivity contribution in [1.29, 1.82) is 0 Å². The number of rotatable bonds is 9. The fourth-order valence-corrected chi connectivity index (χ4v) is 3.83. The Bertz CT molecular complexity index is 1340. The molecule has 9 nitrogen and oxygen atoms in total. The van der Waals surface area contributed by atoms with Crippen LogP contribution in [0.25, 0.3) is 22.0 Å². The quantitative estimate of drug-likeness (QED) is 0.278. The highest BCUT2D eigenvalue weighted by Gasteiger charge is 2.10. The lowest BCUT2D eigenvalue weighted by Gasteiger charge is -2.10. The van der Waals surface area contributed by atoms with Gasteiger partial charge in [0, 0.05) is 47.7 Å². The summed E-state index contributed by atoms with van der Waals surface area (Å²) in [5, 5.41) is 15.7. The maximum atomic E-state index is 11.4. The normalized spacial score (nSPS) is 11.5. The highest BCUT2D eigenvalue weighted by Crippen LogP contribution is 2.28. The van der Waals surface area contributed by atoms with Crippen LogP contribution in [0.2, 0.25) is 0 Å². The van der Waals surface area contributed by atoms with Gasteiger partial charge in [0.05, 0.1) is 10.4 Å². The zero-order valence-corrected chi connectivity index (χ0v) is 18.9. The van der Waals surface area contributed by atoms with Crippen LogP contribution in [0.3, 0.4) is 0 Å². The van der Waals surface area contributed by atoms with Crippen LogP contribution in [0, 0.1) is 0 Å². The van der Waals surface area contributed by atoms with E-state index in [4.69, 9.17) is 10.1 Å². The number of para-hydroxylation sites is 1. The zero-order chi connectivity index (χ0) is 23.3. The summed E-state index contributed by atoms with van der Waals surface area (Å²) in [6.07, 6.45) is 3.57. The molecule has 170 valence electrons. The van der Waals surface area contributed by atoms with Gasteiger partial charge in [-0.3, -0.25) is 0 Å². The minimum atomic E-state index is -3.74. The fourth-order valence-electron chi connectivity index (χ4n) is 3.32. The summed E-state index contributed by atoms with van der Waals surface area (Å²) < 4.78 is 22.9. The standard InChI is InChI=1S/C23H25N7O2S/c1-2-25-12-13-26-21-11-6-16(14-27-21)20-5-3-4-17-15-28-23(30-22(17)20)29-18-7-9-19(10-8-18)33(24,31)32/h3-11,14-15,25H,2,12-13H2,1H3,(H,26,27)(H2,24,31,32)(H,28,29,30).